The van der Waals surface area contributed by atoms with Gasteiger partial charge in [-0.3, -0.25) is 9.59 Å². The Hall–Kier alpha value is -1.36. The minimum absolute atomic E-state index is 0.0945. The molecule has 0 heterocycles. The fourth-order valence-electron chi connectivity index (χ4n) is 8.21. The van der Waals surface area contributed by atoms with Crippen LogP contribution < -0.4 is 0 Å². The van der Waals surface area contributed by atoms with Gasteiger partial charge in [0.1, 0.15) is 6.61 Å². The maximum atomic E-state index is 12.8. The lowest BCUT2D eigenvalue weighted by molar-refractivity contribution is -0.163. The van der Waals surface area contributed by atoms with E-state index in [9.17, 15) is 9.59 Å². The summed E-state index contributed by atoms with van der Waals surface area (Å²) in [7, 11) is 0. The van der Waals surface area contributed by atoms with Crippen molar-refractivity contribution < 1.29 is 23.8 Å². The van der Waals surface area contributed by atoms with Crippen molar-refractivity contribution in [3.8, 4) is 0 Å². The van der Waals surface area contributed by atoms with Crippen molar-refractivity contribution in [2.45, 2.75) is 309 Å². The SMILES string of the molecule is CCCCCCCC/C=C\CCCCCCCCCCCCOCC(COC(=O)CCCCCCCCCCCCCCC)OC(=O)CCCCCCCCCCCCC. The second kappa shape index (κ2) is 52.0. The number of ether oxygens (including phenoxy) is 3. The van der Waals surface area contributed by atoms with Crippen molar-refractivity contribution in [1.82, 2.24) is 0 Å². The fraction of sp³-hybridized carbons (Fsp3) is 0.927. The maximum Gasteiger partial charge on any atom is 0.306 e. The smallest absolute Gasteiger partial charge is 0.306 e. The van der Waals surface area contributed by atoms with Crippen molar-refractivity contribution in [3.05, 3.63) is 12.2 Å². The van der Waals surface area contributed by atoms with Gasteiger partial charge in [-0.15, -0.1) is 0 Å². The van der Waals surface area contributed by atoms with E-state index in [0.717, 1.165) is 32.1 Å². The van der Waals surface area contributed by atoms with E-state index in [2.05, 4.69) is 32.9 Å². The van der Waals surface area contributed by atoms with E-state index in [0.29, 0.717) is 26.1 Å². The molecule has 0 aliphatic rings. The fourth-order valence-corrected chi connectivity index (χ4v) is 8.21. The first-order chi connectivity index (χ1) is 29.6. The molecule has 1 unspecified atom stereocenters. The van der Waals surface area contributed by atoms with E-state index in [1.807, 2.05) is 0 Å². The predicted octanol–water partition coefficient (Wildman–Crippen LogP) is 18.2. The zero-order valence-electron chi connectivity index (χ0n) is 41.0. The van der Waals surface area contributed by atoms with Crippen LogP contribution in [0, 0.1) is 0 Å². The average molecular weight is 847 g/mol. The van der Waals surface area contributed by atoms with E-state index in [1.54, 1.807) is 0 Å². The summed E-state index contributed by atoms with van der Waals surface area (Å²) >= 11 is 0. The van der Waals surface area contributed by atoms with E-state index in [-0.39, 0.29) is 18.5 Å². The largest absolute Gasteiger partial charge is 0.462 e. The number of carbonyl (C=O) groups is 2. The number of unbranched alkanes of at least 4 members (excludes halogenated alkanes) is 38. The highest BCUT2D eigenvalue weighted by Crippen LogP contribution is 2.16. The Bertz CT molecular complexity index is 871. The number of rotatable bonds is 51. The number of allylic oxidation sites excluding steroid dienone is 2. The predicted molar refractivity (Wildman–Crippen MR) is 261 cm³/mol. The molecule has 1 atom stereocenters. The highest BCUT2D eigenvalue weighted by atomic mass is 16.6. The lowest BCUT2D eigenvalue weighted by atomic mass is 10.0. The molecule has 0 spiro atoms. The van der Waals surface area contributed by atoms with Gasteiger partial charge in [0.15, 0.2) is 6.10 Å². The van der Waals surface area contributed by atoms with E-state index < -0.39 is 6.10 Å². The molecule has 0 saturated heterocycles. The lowest BCUT2D eigenvalue weighted by Crippen LogP contribution is -2.30. The first-order valence-electron chi connectivity index (χ1n) is 27.2. The van der Waals surface area contributed by atoms with E-state index >= 15 is 0 Å². The molecule has 0 aromatic heterocycles. The molecule has 0 N–H and O–H groups in total. The summed E-state index contributed by atoms with van der Waals surface area (Å²) < 4.78 is 17.4. The molecular formula is C55H106O5. The van der Waals surface area contributed by atoms with Crippen molar-refractivity contribution in [2.24, 2.45) is 0 Å². The summed E-state index contributed by atoms with van der Waals surface area (Å²) in [5, 5.41) is 0. The number of esters is 2. The maximum absolute atomic E-state index is 12.8. The molecule has 0 fully saturated rings. The number of hydrogen-bond donors (Lipinski definition) is 0. The summed E-state index contributed by atoms with van der Waals surface area (Å²) in [6.07, 6.45) is 59.4. The standard InChI is InChI=1S/C55H106O5/c1-4-7-10-13-16-19-22-24-25-26-27-28-29-30-32-35-38-41-44-47-50-58-51-53(60-55(57)49-46-43-40-37-33-21-18-15-12-9-6-3)52-59-54(56)48-45-42-39-36-34-31-23-20-17-14-11-8-5-2/h24-25,53H,4-23,26-52H2,1-3H3/b25-24-. The summed E-state index contributed by atoms with van der Waals surface area (Å²) in [4.78, 5) is 25.4. The Morgan fingerprint density at radius 3 is 1.02 bits per heavy atom. The third kappa shape index (κ3) is 49.3. The Morgan fingerprint density at radius 1 is 0.350 bits per heavy atom. The van der Waals surface area contributed by atoms with Crippen LogP contribution in [0.2, 0.25) is 0 Å². The van der Waals surface area contributed by atoms with Crippen molar-refractivity contribution >= 4 is 11.9 Å². The van der Waals surface area contributed by atoms with Crippen LogP contribution in [-0.2, 0) is 23.8 Å². The van der Waals surface area contributed by atoms with Crippen LogP contribution in [0.3, 0.4) is 0 Å². The highest BCUT2D eigenvalue weighted by molar-refractivity contribution is 5.70. The molecule has 0 saturated carbocycles. The molecule has 0 aromatic carbocycles. The first kappa shape index (κ1) is 58.6. The van der Waals surface area contributed by atoms with Crippen molar-refractivity contribution in [3.63, 3.8) is 0 Å². The molecule has 0 bridgehead atoms. The molecular weight excluding hydrogens is 741 g/mol. The van der Waals surface area contributed by atoms with Crippen LogP contribution in [0.25, 0.3) is 0 Å². The number of hydrogen-bond acceptors (Lipinski definition) is 5. The zero-order chi connectivity index (χ0) is 43.5. The molecule has 60 heavy (non-hydrogen) atoms. The molecule has 0 rings (SSSR count). The zero-order valence-corrected chi connectivity index (χ0v) is 41.0. The monoisotopic (exact) mass is 847 g/mol. The molecule has 356 valence electrons. The molecule has 5 nitrogen and oxygen atoms in total. The highest BCUT2D eigenvalue weighted by Gasteiger charge is 2.17. The van der Waals surface area contributed by atoms with Gasteiger partial charge in [0, 0.05) is 19.4 Å². The first-order valence-corrected chi connectivity index (χ1v) is 27.2. The van der Waals surface area contributed by atoms with Crippen LogP contribution in [-0.4, -0.2) is 37.9 Å². The van der Waals surface area contributed by atoms with Gasteiger partial charge in [-0.2, -0.15) is 0 Å². The Balaban J connectivity index is 4.14. The molecule has 0 aliphatic heterocycles. The minimum Gasteiger partial charge on any atom is -0.462 e. The van der Waals surface area contributed by atoms with Crippen LogP contribution in [0.1, 0.15) is 303 Å². The van der Waals surface area contributed by atoms with E-state index in [1.165, 1.54) is 238 Å². The van der Waals surface area contributed by atoms with Gasteiger partial charge in [0.25, 0.3) is 0 Å². The van der Waals surface area contributed by atoms with Gasteiger partial charge >= 0.3 is 11.9 Å². The van der Waals surface area contributed by atoms with Gasteiger partial charge in [0.2, 0.25) is 0 Å². The third-order valence-electron chi connectivity index (χ3n) is 12.3. The minimum atomic E-state index is -0.526. The van der Waals surface area contributed by atoms with Crippen LogP contribution in [0.5, 0.6) is 0 Å². The summed E-state index contributed by atoms with van der Waals surface area (Å²) in [6, 6.07) is 0. The Labute approximate surface area is 375 Å². The van der Waals surface area contributed by atoms with Gasteiger partial charge < -0.3 is 14.2 Å². The molecule has 0 aliphatic carbocycles. The van der Waals surface area contributed by atoms with Crippen LogP contribution in [0.15, 0.2) is 12.2 Å². The third-order valence-corrected chi connectivity index (χ3v) is 12.3. The van der Waals surface area contributed by atoms with Gasteiger partial charge in [-0.1, -0.05) is 258 Å². The average Bonchev–Trinajstić information content (AvgIpc) is 3.25. The lowest BCUT2D eigenvalue weighted by Gasteiger charge is -2.18. The van der Waals surface area contributed by atoms with Crippen molar-refractivity contribution in [1.29, 1.82) is 0 Å². The van der Waals surface area contributed by atoms with Crippen molar-refractivity contribution in [2.75, 3.05) is 19.8 Å². The summed E-state index contributed by atoms with van der Waals surface area (Å²) in [5.41, 5.74) is 0. The van der Waals surface area contributed by atoms with Gasteiger partial charge in [-0.25, -0.2) is 0 Å². The normalized spacial score (nSPS) is 12.1. The van der Waals surface area contributed by atoms with Crippen LogP contribution >= 0.6 is 0 Å². The Morgan fingerprint density at radius 2 is 0.650 bits per heavy atom. The topological polar surface area (TPSA) is 61.8 Å². The second-order valence-electron chi connectivity index (χ2n) is 18.5. The number of carbonyl (C=O) groups excluding carboxylic acids is 2. The van der Waals surface area contributed by atoms with Gasteiger partial charge in [-0.05, 0) is 44.9 Å². The Kier molecular flexibility index (Phi) is 50.8. The quantitative estimate of drug-likeness (QED) is 0.0347. The van der Waals surface area contributed by atoms with E-state index in [4.69, 9.17) is 14.2 Å². The van der Waals surface area contributed by atoms with Crippen LogP contribution in [0.4, 0.5) is 0 Å². The van der Waals surface area contributed by atoms with Gasteiger partial charge in [0.05, 0.1) is 6.61 Å². The molecule has 0 radical (unpaired) electrons. The summed E-state index contributed by atoms with van der Waals surface area (Å²) in [6.45, 7) is 7.88. The second-order valence-corrected chi connectivity index (χ2v) is 18.5. The molecule has 0 aromatic rings. The summed E-state index contributed by atoms with van der Waals surface area (Å²) in [5.74, 6) is -0.376. The molecule has 5 heteroatoms. The molecule has 0 amide bonds.